The Morgan fingerprint density at radius 3 is 2.79 bits per heavy atom. The summed E-state index contributed by atoms with van der Waals surface area (Å²) in [6.45, 7) is 5.61. The van der Waals surface area contributed by atoms with Crippen LogP contribution in [0, 0.1) is 16.7 Å². The van der Waals surface area contributed by atoms with E-state index in [9.17, 15) is 14.4 Å². The van der Waals surface area contributed by atoms with Crippen molar-refractivity contribution in [3.63, 3.8) is 0 Å². The second-order valence-corrected chi connectivity index (χ2v) is 6.26. The van der Waals surface area contributed by atoms with Crippen LogP contribution in [0.25, 0.3) is 0 Å². The van der Waals surface area contributed by atoms with Gasteiger partial charge in [0.25, 0.3) is 0 Å². The smallest absolute Gasteiger partial charge is 0.359 e. The number of nitriles is 1. The summed E-state index contributed by atoms with van der Waals surface area (Å²) in [5, 5.41) is 11.5. The molecule has 1 aliphatic rings. The third-order valence-electron chi connectivity index (χ3n) is 3.59. The highest BCUT2D eigenvalue weighted by molar-refractivity contribution is 5.99. The standard InChI is InChI=1S/C17H18N2O5/c1-4-23-15(21)10(8-18)9-19-12-5-11-13(20)6-17(2,3)7-14(11)24-16(12)22/h5,9,19H,4,6-7H2,1-3H3/b10-9+. The van der Waals surface area contributed by atoms with Gasteiger partial charge in [-0.05, 0) is 18.4 Å². The summed E-state index contributed by atoms with van der Waals surface area (Å²) < 4.78 is 9.96. The van der Waals surface area contributed by atoms with E-state index in [2.05, 4.69) is 5.32 Å². The van der Waals surface area contributed by atoms with Gasteiger partial charge < -0.3 is 14.5 Å². The molecule has 0 amide bonds. The van der Waals surface area contributed by atoms with E-state index < -0.39 is 11.6 Å². The van der Waals surface area contributed by atoms with Gasteiger partial charge in [0.15, 0.2) is 11.4 Å². The predicted molar refractivity (Wildman–Crippen MR) is 85.4 cm³/mol. The highest BCUT2D eigenvalue weighted by Gasteiger charge is 2.33. The molecule has 1 N–H and O–H groups in total. The van der Waals surface area contributed by atoms with Crippen molar-refractivity contribution in [2.75, 3.05) is 11.9 Å². The van der Waals surface area contributed by atoms with Crippen molar-refractivity contribution in [3.8, 4) is 6.07 Å². The van der Waals surface area contributed by atoms with Crippen molar-refractivity contribution >= 4 is 17.4 Å². The summed E-state index contributed by atoms with van der Waals surface area (Å²) in [5.74, 6) is -0.544. The number of nitrogens with zero attached hydrogens (tertiary/aromatic N) is 1. The fourth-order valence-electron chi connectivity index (χ4n) is 2.50. The van der Waals surface area contributed by atoms with Crippen molar-refractivity contribution in [3.05, 3.63) is 39.6 Å². The van der Waals surface area contributed by atoms with E-state index in [0.29, 0.717) is 24.2 Å². The lowest BCUT2D eigenvalue weighted by Crippen LogP contribution is -2.28. The van der Waals surface area contributed by atoms with Gasteiger partial charge in [0.2, 0.25) is 0 Å². The fraction of sp³-hybridized carbons (Fsp3) is 0.412. The lowest BCUT2D eigenvalue weighted by molar-refractivity contribution is -0.138. The Labute approximate surface area is 138 Å². The fourth-order valence-corrected chi connectivity index (χ4v) is 2.50. The van der Waals surface area contributed by atoms with Crippen LogP contribution in [0.2, 0.25) is 0 Å². The number of carbonyl (C=O) groups excluding carboxylic acids is 2. The summed E-state index contributed by atoms with van der Waals surface area (Å²) in [6, 6.07) is 3.08. The van der Waals surface area contributed by atoms with E-state index >= 15 is 0 Å². The Morgan fingerprint density at radius 1 is 1.46 bits per heavy atom. The first-order valence-corrected chi connectivity index (χ1v) is 7.51. The molecule has 0 atom stereocenters. The van der Waals surface area contributed by atoms with Gasteiger partial charge >= 0.3 is 11.6 Å². The molecule has 1 aromatic heterocycles. The van der Waals surface area contributed by atoms with Crippen LogP contribution in [-0.2, 0) is 16.0 Å². The summed E-state index contributed by atoms with van der Waals surface area (Å²) in [5.41, 5.74) is -0.886. The maximum atomic E-state index is 12.2. The molecule has 0 unspecified atom stereocenters. The summed E-state index contributed by atoms with van der Waals surface area (Å²) in [6.07, 6.45) is 1.91. The van der Waals surface area contributed by atoms with Gasteiger partial charge in [-0.1, -0.05) is 13.8 Å². The van der Waals surface area contributed by atoms with Crippen LogP contribution in [0.1, 0.15) is 43.3 Å². The van der Waals surface area contributed by atoms with Crippen LogP contribution in [0.5, 0.6) is 0 Å². The van der Waals surface area contributed by atoms with Crippen molar-refractivity contribution in [1.82, 2.24) is 0 Å². The van der Waals surface area contributed by atoms with E-state index in [1.165, 1.54) is 6.07 Å². The number of hydrogen-bond acceptors (Lipinski definition) is 7. The summed E-state index contributed by atoms with van der Waals surface area (Å²) in [7, 11) is 0. The second kappa shape index (κ2) is 6.71. The quantitative estimate of drug-likeness (QED) is 0.512. The van der Waals surface area contributed by atoms with Gasteiger partial charge in [-0.3, -0.25) is 4.79 Å². The molecule has 1 heterocycles. The molecule has 0 aliphatic heterocycles. The van der Waals surface area contributed by atoms with Crippen molar-refractivity contribution in [2.45, 2.75) is 33.6 Å². The number of ketones is 1. The zero-order valence-electron chi connectivity index (χ0n) is 13.8. The number of carbonyl (C=O) groups is 2. The average Bonchev–Trinajstić information content (AvgIpc) is 2.47. The minimum Gasteiger partial charge on any atom is -0.462 e. The van der Waals surface area contributed by atoms with Crippen LogP contribution in [0.4, 0.5) is 5.69 Å². The second-order valence-electron chi connectivity index (χ2n) is 6.26. The SMILES string of the molecule is CCOC(=O)/C(C#N)=C/Nc1cc2c(oc1=O)CC(C)(C)CC2=O. The van der Waals surface area contributed by atoms with E-state index in [1.54, 1.807) is 13.0 Å². The van der Waals surface area contributed by atoms with Gasteiger partial charge in [0.05, 0.1) is 12.2 Å². The van der Waals surface area contributed by atoms with E-state index in [-0.39, 0.29) is 29.1 Å². The van der Waals surface area contributed by atoms with Gasteiger partial charge in [-0.15, -0.1) is 0 Å². The van der Waals surface area contributed by atoms with Crippen LogP contribution in [0.15, 0.2) is 27.1 Å². The summed E-state index contributed by atoms with van der Waals surface area (Å²) in [4.78, 5) is 35.8. The average molecular weight is 330 g/mol. The van der Waals surface area contributed by atoms with Gasteiger partial charge in [-0.2, -0.15) is 5.26 Å². The first-order valence-electron chi connectivity index (χ1n) is 7.51. The molecule has 1 aromatic rings. The Morgan fingerprint density at radius 2 is 2.17 bits per heavy atom. The first-order chi connectivity index (χ1) is 11.3. The molecule has 126 valence electrons. The third-order valence-corrected chi connectivity index (χ3v) is 3.59. The monoisotopic (exact) mass is 330 g/mol. The van der Waals surface area contributed by atoms with Crippen molar-refractivity contribution < 1.29 is 18.7 Å². The molecule has 0 bridgehead atoms. The lowest BCUT2D eigenvalue weighted by Gasteiger charge is -2.28. The molecule has 0 aromatic carbocycles. The zero-order valence-corrected chi connectivity index (χ0v) is 13.8. The third kappa shape index (κ3) is 3.71. The maximum Gasteiger partial charge on any atom is 0.359 e. The number of Topliss-reactive ketones (excluding diaryl/α,β-unsaturated/α-hetero) is 1. The molecule has 0 saturated heterocycles. The van der Waals surface area contributed by atoms with Gasteiger partial charge in [0, 0.05) is 19.0 Å². The molecular formula is C17H18N2O5. The molecule has 0 radical (unpaired) electrons. The topological polar surface area (TPSA) is 109 Å². The van der Waals surface area contributed by atoms with E-state index in [0.717, 1.165) is 6.20 Å². The van der Waals surface area contributed by atoms with Crippen LogP contribution >= 0.6 is 0 Å². The number of nitrogens with one attached hydrogen (secondary N) is 1. The highest BCUT2D eigenvalue weighted by atomic mass is 16.5. The summed E-state index contributed by atoms with van der Waals surface area (Å²) >= 11 is 0. The normalized spacial score (nSPS) is 16.1. The molecule has 2 rings (SSSR count). The van der Waals surface area contributed by atoms with Crippen molar-refractivity contribution in [2.24, 2.45) is 5.41 Å². The van der Waals surface area contributed by atoms with E-state index in [4.69, 9.17) is 14.4 Å². The van der Waals surface area contributed by atoms with Crippen molar-refractivity contribution in [1.29, 1.82) is 5.26 Å². The number of anilines is 1. The maximum absolute atomic E-state index is 12.2. The number of hydrogen-bond donors (Lipinski definition) is 1. The van der Waals surface area contributed by atoms with Gasteiger partial charge in [-0.25, -0.2) is 9.59 Å². The minimum atomic E-state index is -0.798. The minimum absolute atomic E-state index is 0.0149. The Bertz CT molecular complexity index is 811. The molecule has 7 nitrogen and oxygen atoms in total. The number of fused-ring (bicyclic) bond motifs is 1. The van der Waals surface area contributed by atoms with Crippen LogP contribution in [-0.4, -0.2) is 18.4 Å². The van der Waals surface area contributed by atoms with Crippen LogP contribution in [0.3, 0.4) is 0 Å². The Kier molecular flexibility index (Phi) is 4.88. The lowest BCUT2D eigenvalue weighted by atomic mass is 9.76. The van der Waals surface area contributed by atoms with E-state index in [1.807, 2.05) is 13.8 Å². The predicted octanol–water partition coefficient (Wildman–Crippen LogP) is 2.18. The van der Waals surface area contributed by atoms with Gasteiger partial charge in [0.1, 0.15) is 17.5 Å². The molecule has 1 aliphatic carbocycles. The van der Waals surface area contributed by atoms with Crippen LogP contribution < -0.4 is 10.9 Å². The molecule has 0 spiro atoms. The Balaban J connectivity index is 2.32. The number of esters is 1. The first kappa shape index (κ1) is 17.5. The molecular weight excluding hydrogens is 312 g/mol. The molecule has 24 heavy (non-hydrogen) atoms. The zero-order chi connectivity index (χ0) is 17.9. The largest absolute Gasteiger partial charge is 0.462 e. The number of ether oxygens (including phenoxy) is 1. The highest BCUT2D eigenvalue weighted by Crippen LogP contribution is 2.34. The molecule has 0 fully saturated rings. The molecule has 0 saturated carbocycles. The molecule has 7 heteroatoms. The Hall–Kier alpha value is -2.88. The number of rotatable bonds is 4.